The van der Waals surface area contributed by atoms with Gasteiger partial charge in [-0.2, -0.15) is 4.73 Å². The quantitative estimate of drug-likeness (QED) is 0.219. The van der Waals surface area contributed by atoms with Gasteiger partial charge in [-0.1, -0.05) is 29.8 Å². The molecule has 8 nitrogen and oxygen atoms in total. The Bertz CT molecular complexity index is 1300. The summed E-state index contributed by atoms with van der Waals surface area (Å²) >= 11 is 0. The van der Waals surface area contributed by atoms with Crippen molar-refractivity contribution in [3.8, 4) is 11.4 Å². The van der Waals surface area contributed by atoms with Crippen molar-refractivity contribution < 1.29 is 19.6 Å². The van der Waals surface area contributed by atoms with Gasteiger partial charge in [-0.15, -0.1) is 0 Å². The van der Waals surface area contributed by atoms with Gasteiger partial charge in [0.1, 0.15) is 11.3 Å². The minimum absolute atomic E-state index is 0.0206. The molecule has 0 aliphatic rings. The molecule has 1 amide bonds. The van der Waals surface area contributed by atoms with E-state index in [-0.39, 0.29) is 33.9 Å². The summed E-state index contributed by atoms with van der Waals surface area (Å²) in [6, 6.07) is 13.1. The molecule has 156 valence electrons. The molecule has 4 rings (SSSR count). The maximum absolute atomic E-state index is 14.7. The largest absolute Gasteiger partial charge is 0.426 e. The molecule has 0 atom stereocenters. The van der Waals surface area contributed by atoms with Gasteiger partial charge in [0.15, 0.2) is 11.5 Å². The summed E-state index contributed by atoms with van der Waals surface area (Å²) in [6.07, 6.45) is 4.34. The van der Waals surface area contributed by atoms with Crippen LogP contribution in [0.15, 0.2) is 60.8 Å². The second-order valence-corrected chi connectivity index (χ2v) is 6.85. The number of nitrogens with zero attached hydrogens (tertiary/aromatic N) is 3. The summed E-state index contributed by atoms with van der Waals surface area (Å²) in [5, 5.41) is 21.9. The van der Waals surface area contributed by atoms with Gasteiger partial charge in [-0.25, -0.2) is 14.4 Å². The Morgan fingerprint density at radius 1 is 1.13 bits per heavy atom. The number of nitrogens with one attached hydrogen (secondary N) is 2. The van der Waals surface area contributed by atoms with Crippen molar-refractivity contribution in [2.24, 2.45) is 0 Å². The van der Waals surface area contributed by atoms with Gasteiger partial charge < -0.3 is 10.5 Å². The highest BCUT2D eigenvalue weighted by atomic mass is 19.1. The summed E-state index contributed by atoms with van der Waals surface area (Å²) in [5.41, 5.74) is 4.79. The lowest BCUT2D eigenvalue weighted by Crippen LogP contribution is -2.08. The summed E-state index contributed by atoms with van der Waals surface area (Å²) in [4.78, 5) is 20.3. The minimum atomic E-state index is -0.688. The molecule has 0 aliphatic carbocycles. The molecule has 9 heteroatoms. The van der Waals surface area contributed by atoms with E-state index < -0.39 is 11.7 Å². The van der Waals surface area contributed by atoms with Crippen molar-refractivity contribution >= 4 is 34.5 Å². The number of aromatic nitrogens is 3. The minimum Gasteiger partial charge on any atom is -0.426 e. The van der Waals surface area contributed by atoms with Gasteiger partial charge in [0.2, 0.25) is 5.91 Å². The molecule has 0 radical (unpaired) electrons. The SMILES string of the molecule is Cc1ccc(/C=C/C(=O)Nc2ccc(-c3nc4ncc(NO)cc4n3O)c(F)c2)cc1. The average molecular weight is 419 g/mol. The van der Waals surface area contributed by atoms with Crippen LogP contribution in [-0.4, -0.2) is 31.0 Å². The maximum atomic E-state index is 14.7. The Kier molecular flexibility index (Phi) is 5.33. The number of amides is 1. The highest BCUT2D eigenvalue weighted by Crippen LogP contribution is 2.27. The fraction of sp³-hybridized carbons (Fsp3) is 0.0455. The van der Waals surface area contributed by atoms with Gasteiger partial charge in [-0.05, 0) is 42.8 Å². The third-order valence-corrected chi connectivity index (χ3v) is 4.60. The lowest BCUT2D eigenvalue weighted by atomic mass is 10.1. The van der Waals surface area contributed by atoms with Crippen LogP contribution in [0.5, 0.6) is 0 Å². The predicted octanol–water partition coefficient (Wildman–Crippen LogP) is 4.24. The Hall–Kier alpha value is -4.24. The van der Waals surface area contributed by atoms with E-state index in [1.54, 1.807) is 6.08 Å². The number of carbonyl (C=O) groups is 1. The van der Waals surface area contributed by atoms with Crippen molar-refractivity contribution in [2.75, 3.05) is 10.8 Å². The molecule has 0 fully saturated rings. The van der Waals surface area contributed by atoms with E-state index in [0.717, 1.165) is 17.2 Å². The number of pyridine rings is 1. The Morgan fingerprint density at radius 2 is 1.90 bits per heavy atom. The van der Waals surface area contributed by atoms with E-state index in [9.17, 15) is 14.4 Å². The first kappa shape index (κ1) is 20.0. The lowest BCUT2D eigenvalue weighted by molar-refractivity contribution is -0.111. The summed E-state index contributed by atoms with van der Waals surface area (Å²) in [5.74, 6) is -1.16. The number of aryl methyl sites for hydroxylation is 1. The fourth-order valence-electron chi connectivity index (χ4n) is 2.99. The van der Waals surface area contributed by atoms with E-state index in [0.29, 0.717) is 4.73 Å². The fourth-order valence-corrected chi connectivity index (χ4v) is 2.99. The first-order valence-corrected chi connectivity index (χ1v) is 9.28. The van der Waals surface area contributed by atoms with Gasteiger partial charge in [0.25, 0.3) is 0 Å². The average Bonchev–Trinajstić information content (AvgIpc) is 3.09. The molecule has 0 aliphatic heterocycles. The monoisotopic (exact) mass is 419 g/mol. The number of imidazole rings is 1. The molecule has 0 saturated heterocycles. The number of halogens is 1. The summed E-state index contributed by atoms with van der Waals surface area (Å²) < 4.78 is 15.4. The van der Waals surface area contributed by atoms with E-state index in [1.807, 2.05) is 36.7 Å². The Balaban J connectivity index is 1.54. The summed E-state index contributed by atoms with van der Waals surface area (Å²) in [7, 11) is 0. The van der Waals surface area contributed by atoms with Gasteiger partial charge in [0, 0.05) is 11.8 Å². The molecule has 31 heavy (non-hydrogen) atoms. The van der Waals surface area contributed by atoms with Gasteiger partial charge in [0.05, 0.1) is 17.4 Å². The van der Waals surface area contributed by atoms with E-state index >= 15 is 0 Å². The number of carbonyl (C=O) groups excluding carboxylic acids is 1. The van der Waals surface area contributed by atoms with Crippen LogP contribution in [0, 0.1) is 12.7 Å². The maximum Gasteiger partial charge on any atom is 0.248 e. The summed E-state index contributed by atoms with van der Waals surface area (Å²) in [6.45, 7) is 1.98. The van der Waals surface area contributed by atoms with Crippen LogP contribution in [0.2, 0.25) is 0 Å². The number of fused-ring (bicyclic) bond motifs is 1. The molecule has 0 saturated carbocycles. The van der Waals surface area contributed by atoms with Gasteiger partial charge >= 0.3 is 0 Å². The van der Waals surface area contributed by atoms with Crippen molar-refractivity contribution in [1.29, 1.82) is 0 Å². The van der Waals surface area contributed by atoms with E-state index in [4.69, 9.17) is 5.21 Å². The smallest absolute Gasteiger partial charge is 0.248 e. The first-order valence-electron chi connectivity index (χ1n) is 9.28. The van der Waals surface area contributed by atoms with Crippen molar-refractivity contribution in [3.05, 3.63) is 77.7 Å². The molecular weight excluding hydrogens is 401 g/mol. The van der Waals surface area contributed by atoms with Crippen LogP contribution in [0.25, 0.3) is 28.6 Å². The number of anilines is 2. The molecule has 0 unspecified atom stereocenters. The zero-order valence-corrected chi connectivity index (χ0v) is 16.4. The second-order valence-electron chi connectivity index (χ2n) is 6.85. The van der Waals surface area contributed by atoms with Crippen LogP contribution in [0.4, 0.5) is 15.8 Å². The van der Waals surface area contributed by atoms with Crippen LogP contribution in [0.1, 0.15) is 11.1 Å². The number of rotatable bonds is 5. The second kappa shape index (κ2) is 8.25. The normalized spacial score (nSPS) is 11.2. The molecule has 4 N–H and O–H groups in total. The zero-order valence-electron chi connectivity index (χ0n) is 16.4. The van der Waals surface area contributed by atoms with Crippen molar-refractivity contribution in [3.63, 3.8) is 0 Å². The van der Waals surface area contributed by atoms with Crippen LogP contribution >= 0.6 is 0 Å². The third kappa shape index (κ3) is 4.21. The van der Waals surface area contributed by atoms with Crippen LogP contribution < -0.4 is 10.8 Å². The van der Waals surface area contributed by atoms with Crippen LogP contribution in [0.3, 0.4) is 0 Å². The molecule has 0 bridgehead atoms. The molecular formula is C22H18FN5O3. The first-order chi connectivity index (χ1) is 14.9. The third-order valence-electron chi connectivity index (χ3n) is 4.60. The molecule has 2 aromatic heterocycles. The standard InChI is InChI=1S/C22H18FN5O3/c1-13-2-4-14(5-3-13)6-9-20(29)25-15-7-8-17(18(23)10-15)22-26-21-19(28(22)31)11-16(27-30)12-24-21/h2-12,27,30-31H,1H3,(H,25,29)/b9-6+. The van der Waals surface area contributed by atoms with Crippen molar-refractivity contribution in [2.45, 2.75) is 6.92 Å². The van der Waals surface area contributed by atoms with E-state index in [1.165, 1.54) is 30.5 Å². The Labute approximate surface area is 176 Å². The lowest BCUT2D eigenvalue weighted by Gasteiger charge is -2.06. The highest BCUT2D eigenvalue weighted by Gasteiger charge is 2.17. The van der Waals surface area contributed by atoms with Gasteiger partial charge in [-0.3, -0.25) is 15.5 Å². The van der Waals surface area contributed by atoms with Crippen molar-refractivity contribution in [1.82, 2.24) is 14.7 Å². The predicted molar refractivity (Wildman–Crippen MR) is 114 cm³/mol. The molecule has 2 heterocycles. The number of hydrogen-bond donors (Lipinski definition) is 4. The topological polar surface area (TPSA) is 112 Å². The Morgan fingerprint density at radius 3 is 2.61 bits per heavy atom. The van der Waals surface area contributed by atoms with E-state index in [2.05, 4.69) is 15.3 Å². The molecule has 2 aromatic carbocycles. The molecule has 0 spiro atoms. The molecule has 4 aromatic rings. The number of benzene rings is 2. The zero-order chi connectivity index (χ0) is 22.0. The number of hydrogen-bond acceptors (Lipinski definition) is 6. The highest BCUT2D eigenvalue weighted by molar-refractivity contribution is 6.02. The van der Waals surface area contributed by atoms with Crippen LogP contribution in [-0.2, 0) is 4.79 Å².